The molecule has 0 spiro atoms. The standard InChI is InChI=1S/C28H26F3N3O2/c29-28(30,31)23-12-8-20(9-13-23)14-19-6-10-22(11-7-19)27(36)34-17-25(18-34)33-15-24(16-33)32-26(35)21-4-2-1-3-5-21/h1-13,24-25H,14-18H2,(H,32,35). The molecule has 2 aliphatic rings. The van der Waals surface area contributed by atoms with Crippen LogP contribution in [0.1, 0.15) is 37.4 Å². The summed E-state index contributed by atoms with van der Waals surface area (Å²) < 4.78 is 38.2. The Morgan fingerprint density at radius 3 is 1.94 bits per heavy atom. The molecule has 3 aromatic carbocycles. The molecule has 2 saturated heterocycles. The van der Waals surface area contributed by atoms with Gasteiger partial charge in [-0.15, -0.1) is 0 Å². The average Bonchev–Trinajstić information content (AvgIpc) is 2.82. The van der Waals surface area contributed by atoms with E-state index in [1.54, 1.807) is 24.3 Å². The SMILES string of the molecule is O=C(NC1CN(C2CN(C(=O)c3ccc(Cc4ccc(C(F)(F)F)cc4)cc3)C2)C1)c1ccccc1. The van der Waals surface area contributed by atoms with Crippen molar-refractivity contribution >= 4 is 11.8 Å². The van der Waals surface area contributed by atoms with E-state index in [4.69, 9.17) is 0 Å². The number of likely N-dealkylation sites (tertiary alicyclic amines) is 2. The second kappa shape index (κ2) is 9.78. The van der Waals surface area contributed by atoms with Crippen LogP contribution in [-0.2, 0) is 12.6 Å². The van der Waals surface area contributed by atoms with Gasteiger partial charge in [0.25, 0.3) is 11.8 Å². The largest absolute Gasteiger partial charge is 0.416 e. The van der Waals surface area contributed by atoms with Gasteiger partial charge in [0, 0.05) is 43.3 Å². The number of alkyl halides is 3. The highest BCUT2D eigenvalue weighted by molar-refractivity contribution is 5.95. The summed E-state index contributed by atoms with van der Waals surface area (Å²) >= 11 is 0. The number of amides is 2. The number of carbonyl (C=O) groups excluding carboxylic acids is 2. The smallest absolute Gasteiger partial charge is 0.347 e. The molecule has 8 heteroatoms. The first-order valence-corrected chi connectivity index (χ1v) is 11.9. The molecule has 5 rings (SSSR count). The summed E-state index contributed by atoms with van der Waals surface area (Å²) in [6.45, 7) is 2.88. The van der Waals surface area contributed by atoms with Crippen molar-refractivity contribution in [3.8, 4) is 0 Å². The highest BCUT2D eigenvalue weighted by Crippen LogP contribution is 2.29. The van der Waals surface area contributed by atoms with Gasteiger partial charge in [-0.1, -0.05) is 42.5 Å². The zero-order valence-electron chi connectivity index (χ0n) is 19.5. The van der Waals surface area contributed by atoms with Crippen LogP contribution in [0.15, 0.2) is 78.9 Å². The van der Waals surface area contributed by atoms with Crippen LogP contribution in [0.25, 0.3) is 0 Å². The quantitative estimate of drug-likeness (QED) is 0.559. The molecule has 0 atom stereocenters. The third-order valence-electron chi connectivity index (χ3n) is 6.84. The van der Waals surface area contributed by atoms with E-state index in [9.17, 15) is 22.8 Å². The third kappa shape index (κ3) is 5.28. The van der Waals surface area contributed by atoms with Crippen LogP contribution >= 0.6 is 0 Å². The molecule has 2 fully saturated rings. The van der Waals surface area contributed by atoms with Crippen molar-refractivity contribution in [3.63, 3.8) is 0 Å². The zero-order chi connectivity index (χ0) is 25.3. The second-order valence-corrected chi connectivity index (χ2v) is 9.42. The lowest BCUT2D eigenvalue weighted by atomic mass is 9.98. The first kappa shape index (κ1) is 24.1. The van der Waals surface area contributed by atoms with Crippen molar-refractivity contribution in [2.75, 3.05) is 26.2 Å². The van der Waals surface area contributed by atoms with Gasteiger partial charge in [-0.2, -0.15) is 13.2 Å². The lowest BCUT2D eigenvalue weighted by Crippen LogP contribution is -2.70. The van der Waals surface area contributed by atoms with Gasteiger partial charge in [0.05, 0.1) is 11.6 Å². The minimum atomic E-state index is -4.34. The number of hydrogen-bond acceptors (Lipinski definition) is 3. The highest BCUT2D eigenvalue weighted by Gasteiger charge is 2.41. The van der Waals surface area contributed by atoms with Gasteiger partial charge in [0.1, 0.15) is 0 Å². The first-order valence-electron chi connectivity index (χ1n) is 11.9. The van der Waals surface area contributed by atoms with Gasteiger partial charge < -0.3 is 10.2 Å². The molecule has 0 unspecified atom stereocenters. The zero-order valence-corrected chi connectivity index (χ0v) is 19.5. The fourth-order valence-electron chi connectivity index (χ4n) is 4.61. The number of halogens is 3. The van der Waals surface area contributed by atoms with E-state index in [2.05, 4.69) is 10.2 Å². The Labute approximate surface area is 207 Å². The predicted molar refractivity (Wildman–Crippen MR) is 130 cm³/mol. The van der Waals surface area contributed by atoms with Crippen molar-refractivity contribution in [1.29, 1.82) is 0 Å². The Morgan fingerprint density at radius 1 is 0.778 bits per heavy atom. The highest BCUT2D eigenvalue weighted by atomic mass is 19.4. The Hall–Kier alpha value is -3.65. The Bertz CT molecular complexity index is 1220. The van der Waals surface area contributed by atoms with E-state index in [1.807, 2.05) is 35.2 Å². The van der Waals surface area contributed by atoms with Gasteiger partial charge in [-0.05, 0) is 53.9 Å². The Kier molecular flexibility index (Phi) is 6.53. The van der Waals surface area contributed by atoms with E-state index < -0.39 is 11.7 Å². The van der Waals surface area contributed by atoms with Gasteiger partial charge in [0.2, 0.25) is 0 Å². The topological polar surface area (TPSA) is 52.7 Å². The lowest BCUT2D eigenvalue weighted by Gasteiger charge is -2.51. The molecular weight excluding hydrogens is 467 g/mol. The number of hydrogen-bond donors (Lipinski definition) is 1. The molecule has 0 bridgehead atoms. The molecule has 3 aromatic rings. The van der Waals surface area contributed by atoms with Crippen molar-refractivity contribution < 1.29 is 22.8 Å². The molecule has 2 amide bonds. The lowest BCUT2D eigenvalue weighted by molar-refractivity contribution is -0.137. The minimum Gasteiger partial charge on any atom is -0.347 e. The van der Waals surface area contributed by atoms with Crippen LogP contribution in [0.4, 0.5) is 13.2 Å². The van der Waals surface area contributed by atoms with Crippen LogP contribution in [0.5, 0.6) is 0 Å². The molecule has 2 heterocycles. The summed E-state index contributed by atoms with van der Waals surface area (Å²) in [5.74, 6) is -0.0887. The molecule has 5 nitrogen and oxygen atoms in total. The van der Waals surface area contributed by atoms with E-state index in [0.29, 0.717) is 36.7 Å². The van der Waals surface area contributed by atoms with E-state index in [0.717, 1.165) is 36.3 Å². The number of carbonyl (C=O) groups is 2. The maximum absolute atomic E-state index is 12.8. The molecule has 1 N–H and O–H groups in total. The Balaban J connectivity index is 1.06. The van der Waals surface area contributed by atoms with Crippen LogP contribution < -0.4 is 5.32 Å². The second-order valence-electron chi connectivity index (χ2n) is 9.42. The van der Waals surface area contributed by atoms with E-state index in [1.165, 1.54) is 12.1 Å². The van der Waals surface area contributed by atoms with Gasteiger partial charge in [-0.25, -0.2) is 0 Å². The summed E-state index contributed by atoms with van der Waals surface area (Å²) in [4.78, 5) is 29.2. The van der Waals surface area contributed by atoms with Crippen LogP contribution in [-0.4, -0.2) is 59.9 Å². The molecular formula is C28H26F3N3O2. The molecule has 186 valence electrons. The van der Waals surface area contributed by atoms with Gasteiger partial charge >= 0.3 is 6.18 Å². The predicted octanol–water partition coefficient (Wildman–Crippen LogP) is 4.23. The first-order chi connectivity index (χ1) is 17.3. The summed E-state index contributed by atoms with van der Waals surface area (Å²) in [6.07, 6.45) is -3.85. The van der Waals surface area contributed by atoms with Crippen molar-refractivity contribution in [2.24, 2.45) is 0 Å². The fourth-order valence-corrected chi connectivity index (χ4v) is 4.61. The third-order valence-corrected chi connectivity index (χ3v) is 6.84. The summed E-state index contributed by atoms with van der Waals surface area (Å²) in [5, 5.41) is 3.05. The molecule has 36 heavy (non-hydrogen) atoms. The summed E-state index contributed by atoms with van der Waals surface area (Å²) in [5.41, 5.74) is 2.30. The van der Waals surface area contributed by atoms with Crippen LogP contribution in [0.3, 0.4) is 0 Å². The van der Waals surface area contributed by atoms with Crippen molar-refractivity contribution in [1.82, 2.24) is 15.1 Å². The van der Waals surface area contributed by atoms with Crippen LogP contribution in [0, 0.1) is 0 Å². The van der Waals surface area contributed by atoms with E-state index in [-0.39, 0.29) is 17.9 Å². The normalized spacial score (nSPS) is 16.8. The maximum atomic E-state index is 12.8. The number of nitrogens with one attached hydrogen (secondary N) is 1. The van der Waals surface area contributed by atoms with Crippen molar-refractivity contribution in [3.05, 3.63) is 107 Å². The van der Waals surface area contributed by atoms with Crippen LogP contribution in [0.2, 0.25) is 0 Å². The maximum Gasteiger partial charge on any atom is 0.416 e. The fraction of sp³-hybridized carbons (Fsp3) is 0.286. The monoisotopic (exact) mass is 493 g/mol. The molecule has 0 aromatic heterocycles. The van der Waals surface area contributed by atoms with Crippen molar-refractivity contribution in [2.45, 2.75) is 24.7 Å². The number of benzene rings is 3. The molecule has 2 aliphatic heterocycles. The van der Waals surface area contributed by atoms with Gasteiger partial charge in [0.15, 0.2) is 0 Å². The summed E-state index contributed by atoms with van der Waals surface area (Å²) in [6, 6.07) is 22.0. The molecule has 0 saturated carbocycles. The molecule has 0 aliphatic carbocycles. The number of nitrogens with zero attached hydrogens (tertiary/aromatic N) is 2. The van der Waals surface area contributed by atoms with E-state index >= 15 is 0 Å². The number of rotatable bonds is 6. The summed E-state index contributed by atoms with van der Waals surface area (Å²) in [7, 11) is 0. The van der Waals surface area contributed by atoms with Gasteiger partial charge in [-0.3, -0.25) is 14.5 Å². The minimum absolute atomic E-state index is 0.0261. The molecule has 0 radical (unpaired) electrons. The average molecular weight is 494 g/mol. The Morgan fingerprint density at radius 2 is 1.36 bits per heavy atom.